The van der Waals surface area contributed by atoms with E-state index in [4.69, 9.17) is 14.5 Å². The van der Waals surface area contributed by atoms with Gasteiger partial charge >= 0.3 is 0 Å². The van der Waals surface area contributed by atoms with Crippen LogP contribution in [-0.2, 0) is 0 Å². The van der Waals surface area contributed by atoms with E-state index in [1.165, 1.54) is 11.3 Å². The Morgan fingerprint density at radius 2 is 1.55 bits per heavy atom. The summed E-state index contributed by atoms with van der Waals surface area (Å²) in [6, 6.07) is 11.4. The Morgan fingerprint density at radius 1 is 0.939 bits per heavy atom. The molecule has 9 heteroatoms. The zero-order valence-electron chi connectivity index (χ0n) is 20.1. The van der Waals surface area contributed by atoms with E-state index in [2.05, 4.69) is 18.7 Å². The first-order valence-corrected chi connectivity index (χ1v) is 11.6. The Bertz CT molecular complexity index is 1010. The van der Waals surface area contributed by atoms with E-state index in [-0.39, 0.29) is 18.3 Å². The van der Waals surface area contributed by atoms with Crippen LogP contribution in [0.3, 0.4) is 0 Å². The van der Waals surface area contributed by atoms with Gasteiger partial charge in [0.05, 0.1) is 14.2 Å². The van der Waals surface area contributed by atoms with Gasteiger partial charge in [-0.2, -0.15) is 0 Å². The zero-order valence-corrected chi connectivity index (χ0v) is 21.8. The summed E-state index contributed by atoms with van der Waals surface area (Å²) in [5, 5.41) is 0.636. The van der Waals surface area contributed by atoms with E-state index in [0.717, 1.165) is 35.8 Å². The van der Waals surface area contributed by atoms with Crippen LogP contribution in [0.2, 0.25) is 0 Å². The highest BCUT2D eigenvalue weighted by atomic mass is 35.5. The van der Waals surface area contributed by atoms with Crippen LogP contribution < -0.4 is 19.3 Å². The van der Waals surface area contributed by atoms with Crippen LogP contribution in [0, 0.1) is 0 Å². The lowest BCUT2D eigenvalue weighted by molar-refractivity contribution is 0.0984. The summed E-state index contributed by atoms with van der Waals surface area (Å²) >= 11 is 1.45. The number of amides is 1. The van der Waals surface area contributed by atoms with Crippen molar-refractivity contribution in [3.05, 3.63) is 42.0 Å². The van der Waals surface area contributed by atoms with E-state index >= 15 is 0 Å². The maximum atomic E-state index is 13.6. The van der Waals surface area contributed by atoms with Gasteiger partial charge in [0.2, 0.25) is 0 Å². The molecule has 0 N–H and O–H groups in total. The third-order valence-corrected chi connectivity index (χ3v) is 6.63. The monoisotopic (exact) mass is 492 g/mol. The Balaban J connectivity index is 0.00000385. The summed E-state index contributed by atoms with van der Waals surface area (Å²) in [5.41, 5.74) is 2.38. The Hall–Kier alpha value is -2.55. The van der Waals surface area contributed by atoms with Gasteiger partial charge in [0.25, 0.3) is 5.91 Å². The Kier molecular flexibility index (Phi) is 9.76. The molecule has 0 aliphatic carbocycles. The number of halogens is 1. The smallest absolute Gasteiger partial charge is 0.260 e. The fourth-order valence-electron chi connectivity index (χ4n) is 3.51. The average Bonchev–Trinajstić information content (AvgIpc) is 3.26. The van der Waals surface area contributed by atoms with Crippen molar-refractivity contribution in [2.24, 2.45) is 0 Å². The number of likely N-dealkylation sites (N-methyl/N-ethyl adjacent to an activating group) is 1. The quantitative estimate of drug-likeness (QED) is 0.405. The van der Waals surface area contributed by atoms with Crippen LogP contribution in [0.25, 0.3) is 10.2 Å². The summed E-state index contributed by atoms with van der Waals surface area (Å²) in [4.78, 5) is 24.5. The molecule has 1 amide bonds. The molecule has 0 unspecified atom stereocenters. The summed E-state index contributed by atoms with van der Waals surface area (Å²) in [7, 11) is 7.22. The molecule has 0 aliphatic rings. The minimum absolute atomic E-state index is 0. The van der Waals surface area contributed by atoms with Crippen molar-refractivity contribution >= 4 is 50.7 Å². The third kappa shape index (κ3) is 5.88. The first kappa shape index (κ1) is 26.7. The minimum atomic E-state index is -0.0700. The molecule has 1 heterocycles. The Morgan fingerprint density at radius 3 is 2.09 bits per heavy atom. The molecule has 1 aromatic heterocycles. The van der Waals surface area contributed by atoms with Gasteiger partial charge in [-0.1, -0.05) is 25.2 Å². The molecule has 0 aliphatic heterocycles. The second kappa shape index (κ2) is 12.1. The van der Waals surface area contributed by atoms with E-state index in [1.807, 2.05) is 55.4 Å². The summed E-state index contributed by atoms with van der Waals surface area (Å²) < 4.78 is 11.9. The summed E-state index contributed by atoms with van der Waals surface area (Å²) in [6.07, 6.45) is 0. The van der Waals surface area contributed by atoms with Crippen molar-refractivity contribution in [3.63, 3.8) is 0 Å². The normalized spacial score (nSPS) is 10.8. The number of methoxy groups -OCH3 is 2. The van der Waals surface area contributed by atoms with Crippen molar-refractivity contribution < 1.29 is 14.3 Å². The predicted molar refractivity (Wildman–Crippen MR) is 140 cm³/mol. The lowest BCUT2D eigenvalue weighted by Crippen LogP contribution is -2.38. The topological polar surface area (TPSA) is 58.1 Å². The van der Waals surface area contributed by atoms with Gasteiger partial charge in [0.15, 0.2) is 5.13 Å². The number of benzene rings is 2. The molecule has 180 valence electrons. The van der Waals surface area contributed by atoms with E-state index < -0.39 is 0 Å². The number of rotatable bonds is 10. The van der Waals surface area contributed by atoms with Crippen LogP contribution in [0.4, 0.5) is 10.8 Å². The van der Waals surface area contributed by atoms with E-state index in [9.17, 15) is 4.79 Å². The van der Waals surface area contributed by atoms with Crippen LogP contribution in [0.15, 0.2) is 36.4 Å². The van der Waals surface area contributed by atoms with Crippen molar-refractivity contribution in [3.8, 4) is 11.5 Å². The van der Waals surface area contributed by atoms with Crippen LogP contribution in [0.5, 0.6) is 11.5 Å². The van der Waals surface area contributed by atoms with Gasteiger partial charge < -0.3 is 19.3 Å². The molecule has 0 atom stereocenters. The standard InChI is InChI=1S/C24H32N4O3S.ClH/c1-7-27(8-2)15-16-28(23(29)17-9-11-18(12-10-17)26(3)4)24-25-21-19(30-5)13-14-20(31-6)22(21)32-24;/h9-14H,7-8,15-16H2,1-6H3;1H. The van der Waals surface area contributed by atoms with Gasteiger partial charge in [-0.05, 0) is 49.5 Å². The largest absolute Gasteiger partial charge is 0.495 e. The number of carbonyl (C=O) groups excluding carboxylic acids is 1. The highest BCUT2D eigenvalue weighted by Gasteiger charge is 2.24. The number of fused-ring (bicyclic) bond motifs is 1. The number of hydrogen-bond donors (Lipinski definition) is 0. The third-order valence-electron chi connectivity index (χ3n) is 5.54. The lowest BCUT2D eigenvalue weighted by atomic mass is 10.1. The molecule has 0 saturated carbocycles. The van der Waals surface area contributed by atoms with Crippen LogP contribution in [0.1, 0.15) is 24.2 Å². The van der Waals surface area contributed by atoms with Crippen LogP contribution in [-0.4, -0.2) is 70.3 Å². The number of ether oxygens (including phenoxy) is 2. The lowest BCUT2D eigenvalue weighted by Gasteiger charge is -2.25. The second-order valence-electron chi connectivity index (χ2n) is 7.57. The first-order chi connectivity index (χ1) is 15.4. The SMILES string of the molecule is CCN(CC)CCN(C(=O)c1ccc(N(C)C)cc1)c1nc2c(OC)ccc(OC)c2s1.Cl. The molecular formula is C24H33ClN4O3S. The number of carbonyl (C=O) groups is 1. The molecule has 3 aromatic rings. The molecule has 2 aromatic carbocycles. The molecule has 33 heavy (non-hydrogen) atoms. The number of nitrogens with zero attached hydrogens (tertiary/aromatic N) is 4. The molecule has 0 radical (unpaired) electrons. The predicted octanol–water partition coefficient (Wildman–Crippen LogP) is 4.79. The van der Waals surface area contributed by atoms with Crippen molar-refractivity contribution in [1.29, 1.82) is 0 Å². The van der Waals surface area contributed by atoms with Crippen LogP contribution >= 0.6 is 23.7 Å². The number of anilines is 2. The maximum Gasteiger partial charge on any atom is 0.260 e. The number of aromatic nitrogens is 1. The number of thiazole rings is 1. The summed E-state index contributed by atoms with van der Waals surface area (Å²) in [6.45, 7) is 7.42. The summed E-state index contributed by atoms with van der Waals surface area (Å²) in [5.74, 6) is 1.31. The van der Waals surface area contributed by atoms with E-state index in [0.29, 0.717) is 28.5 Å². The highest BCUT2D eigenvalue weighted by molar-refractivity contribution is 7.22. The zero-order chi connectivity index (χ0) is 23.3. The van der Waals surface area contributed by atoms with E-state index in [1.54, 1.807) is 19.1 Å². The minimum Gasteiger partial charge on any atom is -0.495 e. The molecule has 0 saturated heterocycles. The van der Waals surface area contributed by atoms with Gasteiger partial charge in [-0.15, -0.1) is 12.4 Å². The van der Waals surface area contributed by atoms with Gasteiger partial charge in [-0.25, -0.2) is 4.98 Å². The van der Waals surface area contributed by atoms with Crippen molar-refractivity contribution in [2.75, 3.05) is 64.3 Å². The van der Waals surface area contributed by atoms with Gasteiger partial charge in [-0.3, -0.25) is 9.69 Å². The van der Waals surface area contributed by atoms with Crippen molar-refractivity contribution in [2.45, 2.75) is 13.8 Å². The first-order valence-electron chi connectivity index (χ1n) is 10.8. The van der Waals surface area contributed by atoms with Crippen molar-refractivity contribution in [1.82, 2.24) is 9.88 Å². The number of hydrogen-bond acceptors (Lipinski definition) is 7. The van der Waals surface area contributed by atoms with Gasteiger partial charge in [0, 0.05) is 38.4 Å². The molecule has 0 spiro atoms. The average molecular weight is 493 g/mol. The second-order valence-corrected chi connectivity index (χ2v) is 8.55. The molecule has 0 bridgehead atoms. The van der Waals surface area contributed by atoms with Gasteiger partial charge in [0.1, 0.15) is 21.7 Å². The molecular weight excluding hydrogens is 460 g/mol. The fraction of sp³-hybridized carbons (Fsp3) is 0.417. The highest BCUT2D eigenvalue weighted by Crippen LogP contribution is 2.40. The molecule has 7 nitrogen and oxygen atoms in total. The molecule has 3 rings (SSSR count). The maximum absolute atomic E-state index is 13.6. The Labute approximate surface area is 206 Å². The fourth-order valence-corrected chi connectivity index (χ4v) is 4.61. The molecule has 0 fully saturated rings.